The third-order valence-corrected chi connectivity index (χ3v) is 4.05. The standard InChI is InChI=1S/C20H25NO3/c1-13(2)10-17-6-8-18(9-7-17)16(5)24-19-11-14(3)20(21(22)23)15(4)12-19/h6-9,11-13,16H,10H2,1-5H3. The highest BCUT2D eigenvalue weighted by Crippen LogP contribution is 2.30. The van der Waals surface area contributed by atoms with Gasteiger partial charge in [-0.2, -0.15) is 0 Å². The predicted octanol–water partition coefficient (Wildman–Crippen LogP) is 5.55. The maximum absolute atomic E-state index is 11.1. The Labute approximate surface area is 143 Å². The molecule has 0 saturated carbocycles. The predicted molar refractivity (Wildman–Crippen MR) is 96.6 cm³/mol. The van der Waals surface area contributed by atoms with Crippen molar-refractivity contribution in [2.24, 2.45) is 5.92 Å². The number of rotatable bonds is 6. The molecule has 0 aliphatic heterocycles. The Morgan fingerprint density at radius 2 is 1.58 bits per heavy atom. The Morgan fingerprint density at radius 3 is 2.04 bits per heavy atom. The van der Waals surface area contributed by atoms with E-state index in [-0.39, 0.29) is 16.7 Å². The highest BCUT2D eigenvalue weighted by atomic mass is 16.6. The van der Waals surface area contributed by atoms with Crippen LogP contribution in [0.2, 0.25) is 0 Å². The van der Waals surface area contributed by atoms with E-state index in [2.05, 4.69) is 38.1 Å². The van der Waals surface area contributed by atoms with E-state index in [1.54, 1.807) is 26.0 Å². The van der Waals surface area contributed by atoms with Gasteiger partial charge in [-0.3, -0.25) is 10.1 Å². The van der Waals surface area contributed by atoms with Gasteiger partial charge in [-0.25, -0.2) is 0 Å². The fraction of sp³-hybridized carbons (Fsp3) is 0.400. The van der Waals surface area contributed by atoms with Crippen LogP contribution in [-0.2, 0) is 6.42 Å². The molecule has 0 fully saturated rings. The van der Waals surface area contributed by atoms with Crippen molar-refractivity contribution < 1.29 is 9.66 Å². The van der Waals surface area contributed by atoms with E-state index in [0.717, 1.165) is 12.0 Å². The first-order valence-electron chi connectivity index (χ1n) is 8.29. The molecule has 4 heteroatoms. The molecule has 0 aliphatic carbocycles. The van der Waals surface area contributed by atoms with Crippen molar-refractivity contribution in [1.29, 1.82) is 0 Å². The van der Waals surface area contributed by atoms with Crippen molar-refractivity contribution in [2.45, 2.75) is 47.1 Å². The van der Waals surface area contributed by atoms with Gasteiger partial charge in [0.2, 0.25) is 0 Å². The Bertz CT molecular complexity index is 697. The van der Waals surface area contributed by atoms with E-state index < -0.39 is 0 Å². The number of nitro benzene ring substituents is 1. The summed E-state index contributed by atoms with van der Waals surface area (Å²) in [5, 5.41) is 11.1. The second kappa shape index (κ2) is 7.47. The van der Waals surface area contributed by atoms with Gasteiger partial charge >= 0.3 is 0 Å². The van der Waals surface area contributed by atoms with Crippen LogP contribution in [0.4, 0.5) is 5.69 Å². The first-order chi connectivity index (χ1) is 11.3. The molecule has 0 aliphatic rings. The van der Waals surface area contributed by atoms with Crippen LogP contribution in [0.15, 0.2) is 36.4 Å². The molecular formula is C20H25NO3. The molecule has 2 aromatic carbocycles. The molecule has 0 heterocycles. The highest BCUT2D eigenvalue weighted by Gasteiger charge is 2.17. The molecule has 0 amide bonds. The number of hydrogen-bond acceptors (Lipinski definition) is 3. The van der Waals surface area contributed by atoms with E-state index in [0.29, 0.717) is 22.8 Å². The second-order valence-corrected chi connectivity index (χ2v) is 6.76. The van der Waals surface area contributed by atoms with Crippen molar-refractivity contribution in [1.82, 2.24) is 0 Å². The zero-order valence-electron chi connectivity index (χ0n) is 15.0. The lowest BCUT2D eigenvalue weighted by molar-refractivity contribution is -0.386. The maximum Gasteiger partial charge on any atom is 0.275 e. The summed E-state index contributed by atoms with van der Waals surface area (Å²) in [7, 11) is 0. The monoisotopic (exact) mass is 327 g/mol. The molecule has 128 valence electrons. The third-order valence-electron chi connectivity index (χ3n) is 4.05. The fourth-order valence-corrected chi connectivity index (χ4v) is 2.94. The molecule has 0 bridgehead atoms. The van der Waals surface area contributed by atoms with Gasteiger partial charge in [0, 0.05) is 11.1 Å². The van der Waals surface area contributed by atoms with Gasteiger partial charge in [-0.1, -0.05) is 38.1 Å². The van der Waals surface area contributed by atoms with Crippen LogP contribution in [-0.4, -0.2) is 4.92 Å². The van der Waals surface area contributed by atoms with Crippen LogP contribution in [0.1, 0.15) is 49.1 Å². The minimum Gasteiger partial charge on any atom is -0.486 e. The van der Waals surface area contributed by atoms with Crippen LogP contribution >= 0.6 is 0 Å². The van der Waals surface area contributed by atoms with Crippen molar-refractivity contribution in [3.63, 3.8) is 0 Å². The van der Waals surface area contributed by atoms with E-state index in [1.807, 2.05) is 6.92 Å². The first kappa shape index (κ1) is 18.0. The summed E-state index contributed by atoms with van der Waals surface area (Å²) in [6, 6.07) is 11.9. The van der Waals surface area contributed by atoms with Crippen molar-refractivity contribution >= 4 is 5.69 Å². The molecule has 1 unspecified atom stereocenters. The van der Waals surface area contributed by atoms with Crippen LogP contribution in [0.25, 0.3) is 0 Å². The Kier molecular flexibility index (Phi) is 5.60. The van der Waals surface area contributed by atoms with E-state index in [1.165, 1.54) is 5.56 Å². The fourth-order valence-electron chi connectivity index (χ4n) is 2.94. The SMILES string of the molecule is Cc1cc(OC(C)c2ccc(CC(C)C)cc2)cc(C)c1[N+](=O)[O-]. The first-order valence-corrected chi connectivity index (χ1v) is 8.29. The molecule has 24 heavy (non-hydrogen) atoms. The zero-order chi connectivity index (χ0) is 17.9. The largest absolute Gasteiger partial charge is 0.486 e. The summed E-state index contributed by atoms with van der Waals surface area (Å²) in [5.41, 5.74) is 3.82. The number of nitro groups is 1. The van der Waals surface area contributed by atoms with Crippen LogP contribution in [0.5, 0.6) is 5.75 Å². The highest BCUT2D eigenvalue weighted by molar-refractivity contribution is 5.51. The van der Waals surface area contributed by atoms with Gasteiger partial charge in [0.15, 0.2) is 0 Å². The number of aryl methyl sites for hydroxylation is 2. The molecule has 0 radical (unpaired) electrons. The number of ether oxygens (including phenoxy) is 1. The molecule has 1 atom stereocenters. The molecule has 0 aromatic heterocycles. The van der Waals surface area contributed by atoms with Crippen molar-refractivity contribution in [3.8, 4) is 5.75 Å². The summed E-state index contributed by atoms with van der Waals surface area (Å²) in [6.07, 6.45) is 0.953. The summed E-state index contributed by atoms with van der Waals surface area (Å²) in [6.45, 7) is 9.88. The minimum atomic E-state index is -0.342. The van der Waals surface area contributed by atoms with Crippen LogP contribution < -0.4 is 4.74 Å². The summed E-state index contributed by atoms with van der Waals surface area (Å²) < 4.78 is 6.00. The van der Waals surface area contributed by atoms with Crippen molar-refractivity contribution in [3.05, 3.63) is 68.8 Å². The number of hydrogen-bond donors (Lipinski definition) is 0. The van der Waals surface area contributed by atoms with Gasteiger partial charge in [-0.05, 0) is 56.4 Å². The lowest BCUT2D eigenvalue weighted by Crippen LogP contribution is -2.05. The second-order valence-electron chi connectivity index (χ2n) is 6.76. The Balaban J connectivity index is 2.14. The van der Waals surface area contributed by atoms with Crippen LogP contribution in [0.3, 0.4) is 0 Å². The van der Waals surface area contributed by atoms with Gasteiger partial charge < -0.3 is 4.74 Å². The third kappa shape index (κ3) is 4.34. The summed E-state index contributed by atoms with van der Waals surface area (Å²) in [5.74, 6) is 1.30. The molecular weight excluding hydrogens is 302 g/mol. The smallest absolute Gasteiger partial charge is 0.275 e. The summed E-state index contributed by atoms with van der Waals surface area (Å²) >= 11 is 0. The van der Waals surface area contributed by atoms with E-state index >= 15 is 0 Å². The zero-order valence-corrected chi connectivity index (χ0v) is 15.0. The number of benzene rings is 2. The van der Waals surface area contributed by atoms with E-state index in [9.17, 15) is 10.1 Å². The lowest BCUT2D eigenvalue weighted by atomic mass is 10.0. The normalized spacial score (nSPS) is 12.2. The quantitative estimate of drug-likeness (QED) is 0.516. The molecule has 4 nitrogen and oxygen atoms in total. The maximum atomic E-state index is 11.1. The van der Waals surface area contributed by atoms with Gasteiger partial charge in [0.05, 0.1) is 4.92 Å². The number of nitrogens with zero attached hydrogens (tertiary/aromatic N) is 1. The van der Waals surface area contributed by atoms with E-state index in [4.69, 9.17) is 4.74 Å². The molecule has 2 aromatic rings. The summed E-state index contributed by atoms with van der Waals surface area (Å²) in [4.78, 5) is 10.7. The Morgan fingerprint density at radius 1 is 1.04 bits per heavy atom. The lowest BCUT2D eigenvalue weighted by Gasteiger charge is -2.17. The average molecular weight is 327 g/mol. The van der Waals surface area contributed by atoms with Gasteiger partial charge in [0.25, 0.3) is 5.69 Å². The van der Waals surface area contributed by atoms with Crippen LogP contribution in [0, 0.1) is 29.9 Å². The van der Waals surface area contributed by atoms with Crippen molar-refractivity contribution in [2.75, 3.05) is 0 Å². The molecule has 0 N–H and O–H groups in total. The molecule has 0 saturated heterocycles. The minimum absolute atomic E-state index is 0.113. The average Bonchev–Trinajstić information content (AvgIpc) is 2.46. The topological polar surface area (TPSA) is 52.4 Å². The molecule has 0 spiro atoms. The van der Waals surface area contributed by atoms with Gasteiger partial charge in [-0.15, -0.1) is 0 Å². The Hall–Kier alpha value is -2.36. The van der Waals surface area contributed by atoms with Gasteiger partial charge in [0.1, 0.15) is 11.9 Å². The molecule has 2 rings (SSSR count).